The quantitative estimate of drug-likeness (QED) is 0.783. The second kappa shape index (κ2) is 5.22. The standard InChI is InChI=1S/C16H15ClN4/c1-10-7-8-11(2)12(9-10)15-16(18)21(20-19-15)14-6-4-3-5-13(14)17/h3-9H,18H2,1-2H3. The van der Waals surface area contributed by atoms with E-state index < -0.39 is 0 Å². The number of hydrogen-bond acceptors (Lipinski definition) is 3. The number of benzene rings is 2. The fourth-order valence-electron chi connectivity index (χ4n) is 2.27. The molecule has 2 N–H and O–H groups in total. The number of rotatable bonds is 2. The topological polar surface area (TPSA) is 56.7 Å². The molecule has 0 spiro atoms. The van der Waals surface area contributed by atoms with E-state index in [4.69, 9.17) is 17.3 Å². The predicted octanol–water partition coefficient (Wildman–Crippen LogP) is 3.79. The van der Waals surface area contributed by atoms with Gasteiger partial charge in [0.1, 0.15) is 5.69 Å². The number of nitrogens with two attached hydrogens (primary N) is 1. The lowest BCUT2D eigenvalue weighted by molar-refractivity contribution is 0.810. The van der Waals surface area contributed by atoms with Crippen molar-refractivity contribution >= 4 is 17.4 Å². The van der Waals surface area contributed by atoms with Crippen LogP contribution in [0.5, 0.6) is 0 Å². The van der Waals surface area contributed by atoms with Crippen molar-refractivity contribution in [3.05, 3.63) is 58.6 Å². The molecule has 21 heavy (non-hydrogen) atoms. The van der Waals surface area contributed by atoms with Gasteiger partial charge >= 0.3 is 0 Å². The van der Waals surface area contributed by atoms with Crippen LogP contribution in [0.25, 0.3) is 16.9 Å². The van der Waals surface area contributed by atoms with E-state index in [-0.39, 0.29) is 0 Å². The fraction of sp³-hybridized carbons (Fsp3) is 0.125. The van der Waals surface area contributed by atoms with Crippen LogP contribution in [0.4, 0.5) is 5.82 Å². The van der Waals surface area contributed by atoms with Gasteiger partial charge in [-0.25, -0.2) is 0 Å². The Balaban J connectivity index is 2.16. The minimum Gasteiger partial charge on any atom is -0.382 e. The number of aromatic nitrogens is 3. The van der Waals surface area contributed by atoms with E-state index in [1.54, 1.807) is 10.7 Å². The maximum absolute atomic E-state index is 6.23. The van der Waals surface area contributed by atoms with Gasteiger partial charge in [-0.15, -0.1) is 5.10 Å². The highest BCUT2D eigenvalue weighted by Crippen LogP contribution is 2.30. The van der Waals surface area contributed by atoms with Gasteiger partial charge in [0.05, 0.1) is 10.7 Å². The molecule has 4 nitrogen and oxygen atoms in total. The van der Waals surface area contributed by atoms with Crippen LogP contribution >= 0.6 is 11.6 Å². The number of aryl methyl sites for hydroxylation is 2. The highest BCUT2D eigenvalue weighted by Gasteiger charge is 2.16. The maximum atomic E-state index is 6.23. The van der Waals surface area contributed by atoms with Crippen LogP contribution in [0.2, 0.25) is 5.02 Å². The molecule has 0 atom stereocenters. The summed E-state index contributed by atoms with van der Waals surface area (Å²) in [5, 5.41) is 8.97. The zero-order valence-electron chi connectivity index (χ0n) is 11.8. The van der Waals surface area contributed by atoms with E-state index in [1.165, 1.54) is 0 Å². The number of nitrogens with zero attached hydrogens (tertiary/aromatic N) is 3. The molecule has 3 aromatic rings. The van der Waals surface area contributed by atoms with Gasteiger partial charge < -0.3 is 5.73 Å². The lowest BCUT2D eigenvalue weighted by Crippen LogP contribution is -2.03. The first-order chi connectivity index (χ1) is 10.1. The molecule has 3 rings (SSSR count). The Morgan fingerprint density at radius 2 is 1.86 bits per heavy atom. The van der Waals surface area contributed by atoms with Crippen molar-refractivity contribution in [2.45, 2.75) is 13.8 Å². The van der Waals surface area contributed by atoms with Gasteiger partial charge in [0.15, 0.2) is 5.82 Å². The molecule has 1 heterocycles. The number of anilines is 1. The molecule has 0 saturated carbocycles. The van der Waals surface area contributed by atoms with E-state index in [9.17, 15) is 0 Å². The summed E-state index contributed by atoms with van der Waals surface area (Å²) in [6, 6.07) is 13.6. The molecular formula is C16H15ClN4. The SMILES string of the molecule is Cc1ccc(C)c(-c2nnn(-c3ccccc3Cl)c2N)c1. The minimum atomic E-state index is 0.483. The molecule has 1 aromatic heterocycles. The van der Waals surface area contributed by atoms with Gasteiger partial charge in [-0.05, 0) is 37.6 Å². The van der Waals surface area contributed by atoms with Crippen LogP contribution in [0.3, 0.4) is 0 Å². The summed E-state index contributed by atoms with van der Waals surface area (Å²) in [4.78, 5) is 0. The largest absolute Gasteiger partial charge is 0.382 e. The van der Waals surface area contributed by atoms with Gasteiger partial charge in [-0.3, -0.25) is 0 Å². The van der Waals surface area contributed by atoms with Crippen LogP contribution in [-0.2, 0) is 0 Å². The van der Waals surface area contributed by atoms with Crippen LogP contribution in [0, 0.1) is 13.8 Å². The summed E-state index contributed by atoms with van der Waals surface area (Å²) in [6.07, 6.45) is 0. The molecule has 0 aliphatic rings. The molecule has 0 aliphatic carbocycles. The van der Waals surface area contributed by atoms with Crippen LogP contribution in [-0.4, -0.2) is 15.0 Å². The third-order valence-corrected chi connectivity index (χ3v) is 3.75. The third-order valence-electron chi connectivity index (χ3n) is 3.43. The molecule has 0 saturated heterocycles. The lowest BCUT2D eigenvalue weighted by atomic mass is 10.0. The Kier molecular flexibility index (Phi) is 3.39. The predicted molar refractivity (Wildman–Crippen MR) is 85.7 cm³/mol. The average Bonchev–Trinajstić information content (AvgIpc) is 2.84. The van der Waals surface area contributed by atoms with Gasteiger partial charge in [0.2, 0.25) is 0 Å². The Bertz CT molecular complexity index is 808. The first-order valence-corrected chi connectivity index (χ1v) is 6.99. The summed E-state index contributed by atoms with van der Waals surface area (Å²) in [7, 11) is 0. The first kappa shape index (κ1) is 13.6. The second-order valence-electron chi connectivity index (χ2n) is 5.00. The summed E-state index contributed by atoms with van der Waals surface area (Å²) in [5.74, 6) is 0.483. The van der Waals surface area contributed by atoms with Gasteiger partial charge in [-0.2, -0.15) is 4.68 Å². The van der Waals surface area contributed by atoms with E-state index in [1.807, 2.05) is 32.0 Å². The molecule has 0 radical (unpaired) electrons. The van der Waals surface area contributed by atoms with Crippen molar-refractivity contribution in [3.8, 4) is 16.9 Å². The normalized spacial score (nSPS) is 10.8. The van der Waals surface area contributed by atoms with Crippen LogP contribution in [0.15, 0.2) is 42.5 Å². The lowest BCUT2D eigenvalue weighted by Gasteiger charge is -2.07. The van der Waals surface area contributed by atoms with E-state index >= 15 is 0 Å². The molecule has 0 aliphatic heterocycles. The third kappa shape index (κ3) is 2.38. The number of hydrogen-bond donors (Lipinski definition) is 1. The summed E-state index contributed by atoms with van der Waals surface area (Å²) in [5.41, 5.74) is 10.9. The molecule has 2 aromatic carbocycles. The molecular weight excluding hydrogens is 284 g/mol. The second-order valence-corrected chi connectivity index (χ2v) is 5.41. The first-order valence-electron chi connectivity index (χ1n) is 6.61. The smallest absolute Gasteiger partial charge is 0.155 e. The molecule has 0 fully saturated rings. The number of halogens is 1. The molecule has 106 valence electrons. The Hall–Kier alpha value is -2.33. The molecule has 5 heteroatoms. The zero-order valence-corrected chi connectivity index (χ0v) is 12.6. The van der Waals surface area contributed by atoms with Gasteiger partial charge in [0.25, 0.3) is 0 Å². The van der Waals surface area contributed by atoms with Crippen molar-refractivity contribution in [2.24, 2.45) is 0 Å². The highest BCUT2D eigenvalue weighted by molar-refractivity contribution is 6.32. The van der Waals surface area contributed by atoms with E-state index in [2.05, 4.69) is 28.5 Å². The van der Waals surface area contributed by atoms with Crippen molar-refractivity contribution in [3.63, 3.8) is 0 Å². The Morgan fingerprint density at radius 3 is 2.62 bits per heavy atom. The zero-order chi connectivity index (χ0) is 15.0. The summed E-state index contributed by atoms with van der Waals surface area (Å²) >= 11 is 6.20. The monoisotopic (exact) mass is 298 g/mol. The van der Waals surface area contributed by atoms with Gasteiger partial charge in [0, 0.05) is 5.56 Å². The molecule has 0 unspecified atom stereocenters. The van der Waals surface area contributed by atoms with Gasteiger partial charge in [-0.1, -0.05) is 46.6 Å². The molecule has 0 amide bonds. The minimum absolute atomic E-state index is 0.483. The molecule has 0 bridgehead atoms. The fourth-order valence-corrected chi connectivity index (χ4v) is 2.49. The number of para-hydroxylation sites is 1. The average molecular weight is 299 g/mol. The van der Waals surface area contributed by atoms with Crippen molar-refractivity contribution in [1.29, 1.82) is 0 Å². The van der Waals surface area contributed by atoms with Crippen molar-refractivity contribution in [2.75, 3.05) is 5.73 Å². The van der Waals surface area contributed by atoms with Crippen LogP contribution in [0.1, 0.15) is 11.1 Å². The van der Waals surface area contributed by atoms with Crippen molar-refractivity contribution < 1.29 is 0 Å². The highest BCUT2D eigenvalue weighted by atomic mass is 35.5. The Labute approximate surface area is 128 Å². The maximum Gasteiger partial charge on any atom is 0.155 e. The Morgan fingerprint density at radius 1 is 1.10 bits per heavy atom. The summed E-state index contributed by atoms with van der Waals surface area (Å²) < 4.78 is 1.57. The van der Waals surface area contributed by atoms with E-state index in [0.717, 1.165) is 22.4 Å². The van der Waals surface area contributed by atoms with Crippen molar-refractivity contribution in [1.82, 2.24) is 15.0 Å². The van der Waals surface area contributed by atoms with Crippen LogP contribution < -0.4 is 5.73 Å². The van der Waals surface area contributed by atoms with E-state index in [0.29, 0.717) is 16.5 Å². The number of nitrogen functional groups attached to an aromatic ring is 1. The summed E-state index contributed by atoms with van der Waals surface area (Å²) in [6.45, 7) is 4.07.